The quantitative estimate of drug-likeness (QED) is 0.225. The summed E-state index contributed by atoms with van der Waals surface area (Å²) in [4.78, 5) is 21.7. The zero-order valence-corrected chi connectivity index (χ0v) is 19.6. The summed E-state index contributed by atoms with van der Waals surface area (Å²) in [6, 6.07) is 23.7. The lowest BCUT2D eigenvalue weighted by atomic mass is 10.1. The normalized spacial score (nSPS) is 11.0. The molecule has 0 aromatic heterocycles. The second kappa shape index (κ2) is 15.2. The van der Waals surface area contributed by atoms with Gasteiger partial charge < -0.3 is 19.4 Å². The summed E-state index contributed by atoms with van der Waals surface area (Å²) in [7, 11) is 1.70. The monoisotopic (exact) mass is 464 g/mol. The highest BCUT2D eigenvalue weighted by Crippen LogP contribution is 2.28. The van der Waals surface area contributed by atoms with Gasteiger partial charge in [0.15, 0.2) is 11.5 Å². The van der Waals surface area contributed by atoms with E-state index in [9.17, 15) is 14.7 Å². The molecule has 0 saturated heterocycles. The van der Waals surface area contributed by atoms with Crippen LogP contribution in [0.25, 0.3) is 0 Å². The van der Waals surface area contributed by atoms with Crippen molar-refractivity contribution in [1.29, 1.82) is 0 Å². The molecule has 3 N–H and O–H groups in total. The van der Waals surface area contributed by atoms with Crippen molar-refractivity contribution in [2.75, 3.05) is 7.05 Å². The molecule has 0 aliphatic rings. The highest BCUT2D eigenvalue weighted by molar-refractivity contribution is 5.76. The van der Waals surface area contributed by atoms with Gasteiger partial charge in [-0.2, -0.15) is 0 Å². The van der Waals surface area contributed by atoms with Gasteiger partial charge in [-0.1, -0.05) is 73.7 Å². The third kappa shape index (κ3) is 9.44. The summed E-state index contributed by atoms with van der Waals surface area (Å²) in [5.41, 5.74) is 8.50. The van der Waals surface area contributed by atoms with Gasteiger partial charge in [0.05, 0.1) is 0 Å². The second-order valence-corrected chi connectivity index (χ2v) is 7.40. The molecule has 7 nitrogen and oxygen atoms in total. The lowest BCUT2D eigenvalue weighted by Gasteiger charge is -2.18. The van der Waals surface area contributed by atoms with E-state index in [0.29, 0.717) is 25.2 Å². The number of benzene rings is 3. The molecule has 1 atom stereocenters. The van der Waals surface area contributed by atoms with Gasteiger partial charge in [-0.15, -0.1) is 0 Å². The van der Waals surface area contributed by atoms with E-state index in [2.05, 4.69) is 10.9 Å². The Morgan fingerprint density at radius 3 is 2.09 bits per heavy atom. The first-order valence-corrected chi connectivity index (χ1v) is 11.1. The van der Waals surface area contributed by atoms with E-state index in [1.807, 2.05) is 67.6 Å². The predicted molar refractivity (Wildman–Crippen MR) is 131 cm³/mol. The van der Waals surface area contributed by atoms with Gasteiger partial charge in [0, 0.05) is 6.42 Å². The fourth-order valence-electron chi connectivity index (χ4n) is 2.97. The Hall–Kier alpha value is -3.68. The van der Waals surface area contributed by atoms with Crippen molar-refractivity contribution < 1.29 is 24.2 Å². The average molecular weight is 465 g/mol. The van der Waals surface area contributed by atoms with Gasteiger partial charge in [-0.3, -0.25) is 10.2 Å². The van der Waals surface area contributed by atoms with Crippen LogP contribution in [-0.2, 0) is 34.0 Å². The molecule has 0 aliphatic carbocycles. The largest absolute Gasteiger partial charge is 0.504 e. The number of phenolic OH excluding ortho intramolecular Hbond substituents is 1. The van der Waals surface area contributed by atoms with Crippen LogP contribution in [0, 0.1) is 0 Å². The SMILES string of the molecule is CCC=O.CNNC(Cc1ccc(O)c(OCc2ccccc2)c1)C(=O)OCc1ccccc1. The van der Waals surface area contributed by atoms with Crippen LogP contribution in [0.5, 0.6) is 11.5 Å². The molecule has 0 saturated carbocycles. The van der Waals surface area contributed by atoms with Gasteiger partial charge in [0.25, 0.3) is 0 Å². The second-order valence-electron chi connectivity index (χ2n) is 7.40. The van der Waals surface area contributed by atoms with Crippen LogP contribution in [0.15, 0.2) is 78.9 Å². The van der Waals surface area contributed by atoms with E-state index >= 15 is 0 Å². The molecular formula is C27H32N2O5. The molecule has 3 aromatic rings. The maximum Gasteiger partial charge on any atom is 0.325 e. The van der Waals surface area contributed by atoms with Crippen molar-refractivity contribution in [2.24, 2.45) is 0 Å². The average Bonchev–Trinajstić information content (AvgIpc) is 2.88. The Bertz CT molecular complexity index is 996. The maximum atomic E-state index is 12.6. The van der Waals surface area contributed by atoms with E-state index < -0.39 is 6.04 Å². The van der Waals surface area contributed by atoms with E-state index in [4.69, 9.17) is 9.47 Å². The molecule has 0 radical (unpaired) electrons. The fraction of sp³-hybridized carbons (Fsp3) is 0.259. The van der Waals surface area contributed by atoms with Crippen LogP contribution in [0.4, 0.5) is 0 Å². The number of aromatic hydroxyl groups is 1. The van der Waals surface area contributed by atoms with Crippen LogP contribution in [0.1, 0.15) is 30.0 Å². The molecule has 0 fully saturated rings. The molecule has 3 rings (SSSR count). The molecule has 0 aliphatic heterocycles. The predicted octanol–water partition coefficient (Wildman–Crippen LogP) is 3.95. The summed E-state index contributed by atoms with van der Waals surface area (Å²) >= 11 is 0. The number of hydrazine groups is 1. The Labute approximate surface area is 200 Å². The minimum Gasteiger partial charge on any atom is -0.504 e. The van der Waals surface area contributed by atoms with Crippen LogP contribution >= 0.6 is 0 Å². The number of hydrogen-bond acceptors (Lipinski definition) is 7. The van der Waals surface area contributed by atoms with Crippen LogP contribution in [0.2, 0.25) is 0 Å². The molecule has 0 amide bonds. The highest BCUT2D eigenvalue weighted by Gasteiger charge is 2.20. The summed E-state index contributed by atoms with van der Waals surface area (Å²) in [6.07, 6.45) is 1.89. The standard InChI is InChI=1S/C24H26N2O4.C3H6O/c1-25-26-21(24(28)30-17-19-10-6-3-7-11-19)14-20-12-13-22(27)23(15-20)29-16-18-8-4-2-5-9-18;1-2-3-4/h2-13,15,21,25-27H,14,16-17H2,1H3;3H,2H2,1H3. The molecule has 0 bridgehead atoms. The topological polar surface area (TPSA) is 96.9 Å². The van der Waals surface area contributed by atoms with Crippen molar-refractivity contribution >= 4 is 12.3 Å². The Morgan fingerprint density at radius 1 is 0.941 bits per heavy atom. The summed E-state index contributed by atoms with van der Waals surface area (Å²) in [5, 5.41) is 10.1. The minimum atomic E-state index is -0.592. The number of phenols is 1. The lowest BCUT2D eigenvalue weighted by molar-refractivity contribution is -0.147. The van der Waals surface area contributed by atoms with Crippen molar-refractivity contribution in [3.63, 3.8) is 0 Å². The van der Waals surface area contributed by atoms with Crippen molar-refractivity contribution in [1.82, 2.24) is 10.9 Å². The van der Waals surface area contributed by atoms with Gasteiger partial charge in [0.2, 0.25) is 0 Å². The summed E-state index contributed by atoms with van der Waals surface area (Å²) in [5.74, 6) is 0.0599. The molecule has 0 heterocycles. The Morgan fingerprint density at radius 2 is 1.53 bits per heavy atom. The smallest absolute Gasteiger partial charge is 0.325 e. The maximum absolute atomic E-state index is 12.6. The van der Waals surface area contributed by atoms with Gasteiger partial charge in [-0.05, 0) is 42.3 Å². The highest BCUT2D eigenvalue weighted by atomic mass is 16.5. The van der Waals surface area contributed by atoms with Gasteiger partial charge >= 0.3 is 5.97 Å². The molecule has 1 unspecified atom stereocenters. The molecular weight excluding hydrogens is 432 g/mol. The molecule has 34 heavy (non-hydrogen) atoms. The van der Waals surface area contributed by atoms with E-state index in [-0.39, 0.29) is 18.3 Å². The van der Waals surface area contributed by atoms with E-state index in [0.717, 1.165) is 23.0 Å². The first-order valence-electron chi connectivity index (χ1n) is 11.1. The third-order valence-electron chi connectivity index (χ3n) is 4.69. The fourth-order valence-corrected chi connectivity index (χ4v) is 2.97. The zero-order valence-electron chi connectivity index (χ0n) is 19.6. The summed E-state index contributed by atoms with van der Waals surface area (Å²) in [6.45, 7) is 2.37. The van der Waals surface area contributed by atoms with Crippen molar-refractivity contribution in [3.05, 3.63) is 95.6 Å². The third-order valence-corrected chi connectivity index (χ3v) is 4.69. The van der Waals surface area contributed by atoms with Gasteiger partial charge in [0.1, 0.15) is 25.5 Å². The van der Waals surface area contributed by atoms with Gasteiger partial charge in [-0.25, -0.2) is 5.43 Å². The number of carbonyl (C=O) groups excluding carboxylic acids is 2. The van der Waals surface area contributed by atoms with Crippen LogP contribution in [0.3, 0.4) is 0 Å². The molecule has 7 heteroatoms. The first kappa shape index (κ1) is 26.6. The van der Waals surface area contributed by atoms with Crippen LogP contribution < -0.4 is 15.6 Å². The molecule has 0 spiro atoms. The van der Waals surface area contributed by atoms with E-state index in [1.54, 1.807) is 25.2 Å². The van der Waals surface area contributed by atoms with E-state index in [1.165, 1.54) is 0 Å². The number of aldehydes is 1. The van der Waals surface area contributed by atoms with Crippen molar-refractivity contribution in [3.8, 4) is 11.5 Å². The molecule has 3 aromatic carbocycles. The lowest BCUT2D eigenvalue weighted by Crippen LogP contribution is -2.45. The number of rotatable bonds is 11. The summed E-state index contributed by atoms with van der Waals surface area (Å²) < 4.78 is 11.2. The number of hydrogen-bond donors (Lipinski definition) is 3. The van der Waals surface area contributed by atoms with Crippen LogP contribution in [-0.4, -0.2) is 30.5 Å². The molecule has 180 valence electrons. The van der Waals surface area contributed by atoms with Crippen molar-refractivity contribution in [2.45, 2.75) is 39.0 Å². The number of esters is 1. The number of carbonyl (C=O) groups is 2. The number of ether oxygens (including phenoxy) is 2. The zero-order chi connectivity index (χ0) is 24.6. The first-order chi connectivity index (χ1) is 16.6. The Kier molecular flexibility index (Phi) is 11.9. The Balaban J connectivity index is 0.000000945. The number of nitrogens with one attached hydrogen (secondary N) is 2. The minimum absolute atomic E-state index is 0.0551.